The van der Waals surface area contributed by atoms with Gasteiger partial charge in [0.2, 0.25) is 11.8 Å². The fourth-order valence-corrected chi connectivity index (χ4v) is 6.67. The summed E-state index contributed by atoms with van der Waals surface area (Å²) in [5.74, 6) is -2.63. The Morgan fingerprint density at radius 1 is 0.675 bits per heavy atom. The molecule has 2 bridgehead atoms. The van der Waals surface area contributed by atoms with E-state index in [-0.39, 0.29) is 34.9 Å². The van der Waals surface area contributed by atoms with Gasteiger partial charge in [-0.2, -0.15) is 13.2 Å². The first kappa shape index (κ1) is 24.3. The van der Waals surface area contributed by atoms with Gasteiger partial charge in [-0.1, -0.05) is 54.6 Å². The van der Waals surface area contributed by atoms with Crippen molar-refractivity contribution < 1.29 is 27.6 Å². The minimum atomic E-state index is -4.53. The van der Waals surface area contributed by atoms with E-state index in [1.54, 1.807) is 0 Å². The van der Waals surface area contributed by atoms with E-state index < -0.39 is 29.5 Å². The third-order valence-corrected chi connectivity index (χ3v) is 8.28. The van der Waals surface area contributed by atoms with Crippen LogP contribution in [0.4, 0.5) is 24.5 Å². The van der Waals surface area contributed by atoms with Crippen molar-refractivity contribution in [2.75, 3.05) is 10.2 Å². The Labute approximate surface area is 227 Å². The number of amides is 3. The van der Waals surface area contributed by atoms with Crippen LogP contribution in [0.1, 0.15) is 50.0 Å². The normalized spacial score (nSPS) is 22.5. The fourth-order valence-electron chi connectivity index (χ4n) is 6.67. The molecule has 8 heteroatoms. The fraction of sp³-hybridized carbons (Fsp3) is 0.156. The number of hydrogen-bond donors (Lipinski definition) is 1. The number of rotatable bonds is 3. The second kappa shape index (κ2) is 8.64. The van der Waals surface area contributed by atoms with Crippen LogP contribution in [0, 0.1) is 11.8 Å². The van der Waals surface area contributed by atoms with Gasteiger partial charge >= 0.3 is 6.18 Å². The highest BCUT2D eigenvalue weighted by atomic mass is 19.4. The van der Waals surface area contributed by atoms with E-state index in [0.29, 0.717) is 5.69 Å². The topological polar surface area (TPSA) is 66.5 Å². The molecule has 4 aromatic rings. The first-order valence-corrected chi connectivity index (χ1v) is 12.9. The van der Waals surface area contributed by atoms with Crippen LogP contribution in [0.2, 0.25) is 0 Å². The number of alkyl halides is 3. The number of nitrogens with one attached hydrogen (secondary N) is 1. The molecule has 40 heavy (non-hydrogen) atoms. The summed E-state index contributed by atoms with van der Waals surface area (Å²) in [4.78, 5) is 41.7. The molecule has 0 radical (unpaired) electrons. The lowest BCUT2D eigenvalue weighted by atomic mass is 9.55. The molecular weight excluding hydrogens is 517 g/mol. The number of hydrogen-bond acceptors (Lipinski definition) is 3. The monoisotopic (exact) mass is 538 g/mol. The van der Waals surface area contributed by atoms with Crippen LogP contribution in [0.5, 0.6) is 0 Å². The quantitative estimate of drug-likeness (QED) is 0.309. The second-order valence-corrected chi connectivity index (χ2v) is 10.4. The average molecular weight is 539 g/mol. The van der Waals surface area contributed by atoms with Gasteiger partial charge in [0, 0.05) is 23.1 Å². The van der Waals surface area contributed by atoms with Gasteiger partial charge in [0.25, 0.3) is 5.91 Å². The Kier molecular flexibility index (Phi) is 5.26. The molecule has 0 saturated carbocycles. The molecule has 1 saturated heterocycles. The van der Waals surface area contributed by atoms with Crippen molar-refractivity contribution in [1.29, 1.82) is 0 Å². The zero-order valence-electron chi connectivity index (χ0n) is 20.9. The lowest BCUT2D eigenvalue weighted by molar-refractivity contribution is -0.137. The molecule has 0 spiro atoms. The van der Waals surface area contributed by atoms with E-state index in [9.17, 15) is 27.6 Å². The molecular formula is C32H21F3N2O3. The molecule has 3 aliphatic carbocycles. The molecule has 1 heterocycles. The van der Waals surface area contributed by atoms with Gasteiger partial charge in [0.1, 0.15) is 0 Å². The summed E-state index contributed by atoms with van der Waals surface area (Å²) in [6.45, 7) is 0. The van der Waals surface area contributed by atoms with Crippen LogP contribution >= 0.6 is 0 Å². The summed E-state index contributed by atoms with van der Waals surface area (Å²) in [6, 6.07) is 26.3. The standard InChI is InChI=1S/C32H21F3N2O3/c33-32(34,35)18-6-5-7-19(16-18)36-29(38)17-12-14-20(15-13-17)37-30(39)27-25-21-8-1-2-9-22(21)26(28(27)31(37)40)24-11-4-3-10-23(24)25/h1-16,25-28H,(H,36,38)/t25?,26?,27-,28+. The Bertz CT molecular complexity index is 1600. The molecule has 4 aliphatic rings. The molecule has 5 nitrogen and oxygen atoms in total. The first-order valence-electron chi connectivity index (χ1n) is 12.9. The molecule has 3 amide bonds. The Morgan fingerprint density at radius 2 is 1.18 bits per heavy atom. The van der Waals surface area contributed by atoms with Crippen molar-refractivity contribution in [3.63, 3.8) is 0 Å². The summed E-state index contributed by atoms with van der Waals surface area (Å²) >= 11 is 0. The largest absolute Gasteiger partial charge is 0.416 e. The third kappa shape index (κ3) is 3.52. The minimum absolute atomic E-state index is 0.00693. The van der Waals surface area contributed by atoms with Gasteiger partial charge in [0.15, 0.2) is 0 Å². The highest BCUT2D eigenvalue weighted by Crippen LogP contribution is 2.61. The van der Waals surface area contributed by atoms with E-state index in [1.807, 2.05) is 48.5 Å². The summed E-state index contributed by atoms with van der Waals surface area (Å²) in [7, 11) is 0. The minimum Gasteiger partial charge on any atom is -0.322 e. The van der Waals surface area contributed by atoms with E-state index in [2.05, 4.69) is 5.32 Å². The summed E-state index contributed by atoms with van der Waals surface area (Å²) in [5.41, 5.74) is 3.99. The molecule has 0 unspecified atom stereocenters. The first-order chi connectivity index (χ1) is 19.2. The second-order valence-electron chi connectivity index (χ2n) is 10.4. The van der Waals surface area contributed by atoms with Gasteiger partial charge in [0.05, 0.1) is 23.1 Å². The maximum atomic E-state index is 13.9. The van der Waals surface area contributed by atoms with Crippen molar-refractivity contribution in [3.8, 4) is 0 Å². The maximum absolute atomic E-state index is 13.9. The molecule has 2 atom stereocenters. The van der Waals surface area contributed by atoms with Crippen molar-refractivity contribution >= 4 is 29.1 Å². The van der Waals surface area contributed by atoms with Crippen LogP contribution in [0.15, 0.2) is 97.1 Å². The lowest BCUT2D eigenvalue weighted by Crippen LogP contribution is -2.41. The number of carbonyl (C=O) groups excluding carboxylic acids is 3. The molecule has 8 rings (SSSR count). The van der Waals surface area contributed by atoms with E-state index in [1.165, 1.54) is 41.3 Å². The van der Waals surface area contributed by atoms with Gasteiger partial charge in [-0.25, -0.2) is 4.90 Å². The third-order valence-electron chi connectivity index (χ3n) is 8.28. The number of anilines is 2. The smallest absolute Gasteiger partial charge is 0.322 e. The van der Waals surface area contributed by atoms with E-state index in [0.717, 1.165) is 34.4 Å². The summed E-state index contributed by atoms with van der Waals surface area (Å²) in [5, 5.41) is 2.47. The Morgan fingerprint density at radius 3 is 1.65 bits per heavy atom. The SMILES string of the molecule is O=C(Nc1cccc(C(F)(F)F)c1)c1ccc(N2C(=O)[C@@H]3C4c5ccccc5C(c5ccccc54)[C@@H]3C2=O)cc1. The molecule has 1 N–H and O–H groups in total. The van der Waals surface area contributed by atoms with Crippen molar-refractivity contribution in [1.82, 2.24) is 0 Å². The van der Waals surface area contributed by atoms with Gasteiger partial charge in [-0.05, 0) is 64.7 Å². The van der Waals surface area contributed by atoms with Crippen molar-refractivity contribution in [2.24, 2.45) is 11.8 Å². The van der Waals surface area contributed by atoms with E-state index >= 15 is 0 Å². The Balaban J connectivity index is 1.18. The molecule has 1 aliphatic heterocycles. The lowest BCUT2D eigenvalue weighted by Gasteiger charge is -2.45. The number of halogens is 3. The zero-order valence-corrected chi connectivity index (χ0v) is 20.9. The molecule has 4 aromatic carbocycles. The van der Waals surface area contributed by atoms with Crippen molar-refractivity contribution in [2.45, 2.75) is 18.0 Å². The van der Waals surface area contributed by atoms with Crippen LogP contribution in [-0.4, -0.2) is 17.7 Å². The highest BCUT2D eigenvalue weighted by molar-refractivity contribution is 6.23. The van der Waals surface area contributed by atoms with Crippen LogP contribution in [0.3, 0.4) is 0 Å². The van der Waals surface area contributed by atoms with E-state index in [4.69, 9.17) is 0 Å². The summed E-state index contributed by atoms with van der Waals surface area (Å²) in [6.07, 6.45) is -4.53. The Hall–Kier alpha value is -4.72. The molecule has 0 aromatic heterocycles. The summed E-state index contributed by atoms with van der Waals surface area (Å²) < 4.78 is 39.1. The van der Waals surface area contributed by atoms with Gasteiger partial charge in [-0.15, -0.1) is 0 Å². The number of imide groups is 1. The predicted molar refractivity (Wildman–Crippen MR) is 142 cm³/mol. The zero-order chi connectivity index (χ0) is 27.8. The van der Waals surface area contributed by atoms with Gasteiger partial charge < -0.3 is 5.32 Å². The average Bonchev–Trinajstić information content (AvgIpc) is 3.23. The maximum Gasteiger partial charge on any atom is 0.416 e. The van der Waals surface area contributed by atoms with Crippen LogP contribution < -0.4 is 10.2 Å². The van der Waals surface area contributed by atoms with Crippen LogP contribution in [-0.2, 0) is 15.8 Å². The predicted octanol–water partition coefficient (Wildman–Crippen LogP) is 6.35. The number of carbonyl (C=O) groups is 3. The molecule has 198 valence electrons. The number of nitrogens with zero attached hydrogens (tertiary/aromatic N) is 1. The van der Waals surface area contributed by atoms with Crippen molar-refractivity contribution in [3.05, 3.63) is 130 Å². The highest BCUT2D eigenvalue weighted by Gasteiger charge is 2.61. The molecule has 1 fully saturated rings. The van der Waals surface area contributed by atoms with Crippen LogP contribution in [0.25, 0.3) is 0 Å². The van der Waals surface area contributed by atoms with Gasteiger partial charge in [-0.3, -0.25) is 14.4 Å². The number of benzene rings is 4.